The average Bonchev–Trinajstić information content (AvgIpc) is 2.34. The van der Waals surface area contributed by atoms with Gasteiger partial charge in [0.15, 0.2) is 5.82 Å². The maximum Gasteiger partial charge on any atom is 0.153 e. The lowest BCUT2D eigenvalue weighted by Crippen LogP contribution is -2.00. The van der Waals surface area contributed by atoms with E-state index in [4.69, 9.17) is 5.73 Å². The number of hydrogen-bond donors (Lipinski definition) is 2. The van der Waals surface area contributed by atoms with E-state index in [0.717, 1.165) is 11.4 Å². The van der Waals surface area contributed by atoms with Gasteiger partial charge >= 0.3 is 0 Å². The number of para-hydroxylation sites is 1. The lowest BCUT2D eigenvalue weighted by atomic mass is 10.3. The molecule has 17 heavy (non-hydrogen) atoms. The zero-order valence-electron chi connectivity index (χ0n) is 9.90. The molecule has 3 N–H and O–H groups in total. The molecular weight excluding hydrogens is 230 g/mol. The summed E-state index contributed by atoms with van der Waals surface area (Å²) in [5.41, 5.74) is 8.54. The van der Waals surface area contributed by atoms with Gasteiger partial charge in [0.1, 0.15) is 0 Å². The first kappa shape index (κ1) is 11.8. The van der Waals surface area contributed by atoms with Gasteiger partial charge in [-0.15, -0.1) is 11.8 Å². The molecule has 0 aliphatic rings. The van der Waals surface area contributed by atoms with Gasteiger partial charge in [0.05, 0.1) is 11.4 Å². The van der Waals surface area contributed by atoms with Crippen molar-refractivity contribution in [1.29, 1.82) is 0 Å². The summed E-state index contributed by atoms with van der Waals surface area (Å²) in [6, 6.07) is 11.9. The number of aryl methyl sites for hydroxylation is 1. The van der Waals surface area contributed by atoms with Gasteiger partial charge in [-0.2, -0.15) is 0 Å². The molecular formula is C13H15N3S. The summed E-state index contributed by atoms with van der Waals surface area (Å²) in [7, 11) is 0. The Balaban J connectivity index is 2.34. The third-order valence-electron chi connectivity index (χ3n) is 2.43. The predicted molar refractivity (Wildman–Crippen MR) is 74.9 cm³/mol. The topological polar surface area (TPSA) is 50.9 Å². The van der Waals surface area contributed by atoms with Crippen LogP contribution in [0.25, 0.3) is 0 Å². The van der Waals surface area contributed by atoms with Crippen molar-refractivity contribution < 1.29 is 0 Å². The van der Waals surface area contributed by atoms with Crippen molar-refractivity contribution in [2.24, 2.45) is 0 Å². The fraction of sp³-hybridized carbons (Fsp3) is 0.154. The van der Waals surface area contributed by atoms with Crippen LogP contribution in [0.5, 0.6) is 0 Å². The number of rotatable bonds is 3. The number of nitrogens with two attached hydrogens (primary N) is 1. The average molecular weight is 245 g/mol. The molecule has 0 saturated heterocycles. The molecule has 0 unspecified atom stereocenters. The summed E-state index contributed by atoms with van der Waals surface area (Å²) >= 11 is 1.69. The van der Waals surface area contributed by atoms with Gasteiger partial charge in [-0.05, 0) is 37.4 Å². The fourth-order valence-corrected chi connectivity index (χ4v) is 2.10. The highest BCUT2D eigenvalue weighted by atomic mass is 32.2. The van der Waals surface area contributed by atoms with E-state index in [1.54, 1.807) is 11.8 Å². The molecule has 0 spiro atoms. The molecule has 0 amide bonds. The maximum absolute atomic E-state index is 5.90. The van der Waals surface area contributed by atoms with E-state index in [-0.39, 0.29) is 0 Å². The summed E-state index contributed by atoms with van der Waals surface area (Å²) in [6.45, 7) is 1.95. The minimum Gasteiger partial charge on any atom is -0.396 e. The number of anilines is 3. The molecule has 0 radical (unpaired) electrons. The number of pyridine rings is 1. The van der Waals surface area contributed by atoms with Gasteiger partial charge in [0, 0.05) is 10.6 Å². The van der Waals surface area contributed by atoms with E-state index in [0.29, 0.717) is 11.5 Å². The zero-order chi connectivity index (χ0) is 12.3. The lowest BCUT2D eigenvalue weighted by molar-refractivity contribution is 1.20. The Hall–Kier alpha value is -1.68. The normalized spacial score (nSPS) is 10.2. The van der Waals surface area contributed by atoms with Crippen molar-refractivity contribution in [3.05, 3.63) is 42.1 Å². The minimum absolute atomic E-state index is 0.659. The second-order valence-corrected chi connectivity index (χ2v) is 4.56. The number of benzene rings is 1. The van der Waals surface area contributed by atoms with Crippen molar-refractivity contribution in [1.82, 2.24) is 4.98 Å². The smallest absolute Gasteiger partial charge is 0.153 e. The third kappa shape index (κ3) is 2.71. The molecule has 1 aromatic carbocycles. The van der Waals surface area contributed by atoms with E-state index in [2.05, 4.69) is 16.4 Å². The summed E-state index contributed by atoms with van der Waals surface area (Å²) in [4.78, 5) is 5.57. The number of nitrogens with zero attached hydrogens (tertiary/aromatic N) is 1. The molecule has 0 fully saturated rings. The second kappa shape index (κ2) is 5.10. The molecule has 3 nitrogen and oxygen atoms in total. The van der Waals surface area contributed by atoms with Crippen LogP contribution in [0, 0.1) is 6.92 Å². The van der Waals surface area contributed by atoms with Gasteiger partial charge in [0.2, 0.25) is 0 Å². The van der Waals surface area contributed by atoms with E-state index in [1.807, 2.05) is 43.5 Å². The van der Waals surface area contributed by atoms with Gasteiger partial charge in [-0.25, -0.2) is 4.98 Å². The summed E-state index contributed by atoms with van der Waals surface area (Å²) in [5.74, 6) is 0.714. The van der Waals surface area contributed by atoms with Gasteiger partial charge in [-0.3, -0.25) is 0 Å². The Morgan fingerprint density at radius 1 is 1.18 bits per heavy atom. The van der Waals surface area contributed by atoms with Crippen molar-refractivity contribution >= 4 is 29.0 Å². The van der Waals surface area contributed by atoms with Crippen LogP contribution < -0.4 is 11.1 Å². The minimum atomic E-state index is 0.659. The first-order valence-corrected chi connectivity index (χ1v) is 6.56. The molecule has 4 heteroatoms. The highest BCUT2D eigenvalue weighted by molar-refractivity contribution is 7.98. The molecule has 2 aromatic rings. The van der Waals surface area contributed by atoms with Crippen LogP contribution in [-0.4, -0.2) is 11.2 Å². The van der Waals surface area contributed by atoms with Crippen LogP contribution >= 0.6 is 11.8 Å². The largest absolute Gasteiger partial charge is 0.396 e. The Kier molecular flexibility index (Phi) is 3.54. The molecule has 0 bridgehead atoms. The van der Waals surface area contributed by atoms with Crippen LogP contribution in [0.4, 0.5) is 17.2 Å². The molecule has 0 aliphatic carbocycles. The Labute approximate surface area is 105 Å². The Morgan fingerprint density at radius 3 is 2.71 bits per heavy atom. The van der Waals surface area contributed by atoms with E-state index in [9.17, 15) is 0 Å². The van der Waals surface area contributed by atoms with Crippen molar-refractivity contribution in [3.8, 4) is 0 Å². The Morgan fingerprint density at radius 2 is 1.94 bits per heavy atom. The van der Waals surface area contributed by atoms with Crippen LogP contribution in [0.15, 0.2) is 41.3 Å². The first-order chi connectivity index (χ1) is 8.20. The monoisotopic (exact) mass is 245 g/mol. The highest BCUT2D eigenvalue weighted by Crippen LogP contribution is 2.29. The number of nitrogen functional groups attached to an aromatic ring is 1. The molecule has 0 atom stereocenters. The van der Waals surface area contributed by atoms with E-state index in [1.165, 1.54) is 4.90 Å². The molecule has 0 aliphatic heterocycles. The molecule has 1 heterocycles. The van der Waals surface area contributed by atoms with E-state index < -0.39 is 0 Å². The predicted octanol–water partition coefficient (Wildman–Crippen LogP) is 3.44. The maximum atomic E-state index is 5.90. The number of hydrogen-bond acceptors (Lipinski definition) is 4. The van der Waals surface area contributed by atoms with Crippen LogP contribution in [0.1, 0.15) is 5.69 Å². The zero-order valence-corrected chi connectivity index (χ0v) is 10.7. The SMILES string of the molecule is CSc1ccccc1Nc1nc(C)ccc1N. The molecule has 88 valence electrons. The van der Waals surface area contributed by atoms with Gasteiger partial charge in [-0.1, -0.05) is 12.1 Å². The molecule has 2 rings (SSSR count). The van der Waals surface area contributed by atoms with Crippen molar-refractivity contribution in [2.75, 3.05) is 17.3 Å². The molecule has 0 saturated carbocycles. The standard InChI is InChI=1S/C13H15N3S/c1-9-7-8-10(14)13(15-9)16-11-5-3-4-6-12(11)17-2/h3-8H,14H2,1-2H3,(H,15,16). The summed E-state index contributed by atoms with van der Waals surface area (Å²) < 4.78 is 0. The number of aromatic nitrogens is 1. The number of nitrogens with one attached hydrogen (secondary N) is 1. The van der Waals surface area contributed by atoms with Gasteiger partial charge < -0.3 is 11.1 Å². The van der Waals surface area contributed by atoms with Crippen molar-refractivity contribution in [2.45, 2.75) is 11.8 Å². The third-order valence-corrected chi connectivity index (χ3v) is 3.22. The fourth-order valence-electron chi connectivity index (χ4n) is 1.54. The summed E-state index contributed by atoms with van der Waals surface area (Å²) in [5, 5.41) is 3.28. The van der Waals surface area contributed by atoms with Crippen LogP contribution in [0.3, 0.4) is 0 Å². The van der Waals surface area contributed by atoms with Crippen LogP contribution in [0.2, 0.25) is 0 Å². The number of thioether (sulfide) groups is 1. The summed E-state index contributed by atoms with van der Waals surface area (Å²) in [6.07, 6.45) is 2.05. The van der Waals surface area contributed by atoms with Crippen molar-refractivity contribution in [3.63, 3.8) is 0 Å². The Bertz CT molecular complexity index is 526. The quantitative estimate of drug-likeness (QED) is 0.813. The first-order valence-electron chi connectivity index (χ1n) is 5.34. The highest BCUT2D eigenvalue weighted by Gasteiger charge is 2.04. The lowest BCUT2D eigenvalue weighted by Gasteiger charge is -2.11. The second-order valence-electron chi connectivity index (χ2n) is 3.72. The van der Waals surface area contributed by atoms with Crippen LogP contribution in [-0.2, 0) is 0 Å². The van der Waals surface area contributed by atoms with Gasteiger partial charge in [0.25, 0.3) is 0 Å². The molecule has 1 aromatic heterocycles. The van der Waals surface area contributed by atoms with E-state index >= 15 is 0 Å².